The fourth-order valence-corrected chi connectivity index (χ4v) is 5.37. The van der Waals surface area contributed by atoms with Crippen molar-refractivity contribution in [3.05, 3.63) is 48.5 Å². The van der Waals surface area contributed by atoms with Gasteiger partial charge in [-0.15, -0.1) is 12.4 Å². The van der Waals surface area contributed by atoms with Crippen LogP contribution in [0, 0.1) is 0 Å². The van der Waals surface area contributed by atoms with Crippen LogP contribution in [0.4, 0.5) is 5.13 Å². The molecule has 7 nitrogen and oxygen atoms in total. The van der Waals surface area contributed by atoms with E-state index in [2.05, 4.69) is 4.98 Å². The van der Waals surface area contributed by atoms with E-state index in [-0.39, 0.29) is 17.3 Å². The molecular weight excluding hydrogens is 470 g/mol. The number of rotatable bonds is 10. The van der Waals surface area contributed by atoms with Crippen molar-refractivity contribution >= 4 is 54.8 Å². The number of sulfone groups is 1. The summed E-state index contributed by atoms with van der Waals surface area (Å²) in [5.41, 5.74) is 0.681. The molecular formula is C22H28ClN3O4S2. The standard InChI is InChI=1S/C22H27N3O4S2.ClH/c1-4-29-18-12-8-13-19-21(18)23-22(30-19)25(15-9-14-24(2)3)20(26)16-31(27,28)17-10-6-5-7-11-17;/h5-8,10-13H,4,9,14-16H2,1-3H3;1H. The number of hydrogen-bond donors (Lipinski definition) is 0. The largest absolute Gasteiger partial charge is 0.492 e. The minimum atomic E-state index is -3.75. The number of anilines is 1. The number of halogens is 1. The van der Waals surface area contributed by atoms with Crippen molar-refractivity contribution in [1.29, 1.82) is 0 Å². The van der Waals surface area contributed by atoms with Crippen LogP contribution in [0.2, 0.25) is 0 Å². The van der Waals surface area contributed by atoms with Crippen LogP contribution >= 0.6 is 23.7 Å². The monoisotopic (exact) mass is 497 g/mol. The fraction of sp³-hybridized carbons (Fsp3) is 0.364. The summed E-state index contributed by atoms with van der Waals surface area (Å²) in [5.74, 6) is -0.438. The van der Waals surface area contributed by atoms with E-state index >= 15 is 0 Å². The van der Waals surface area contributed by atoms with Gasteiger partial charge >= 0.3 is 0 Å². The Kier molecular flexibility index (Phi) is 9.45. The number of para-hydroxylation sites is 1. The van der Waals surface area contributed by atoms with Crippen molar-refractivity contribution in [1.82, 2.24) is 9.88 Å². The van der Waals surface area contributed by atoms with Gasteiger partial charge in [0, 0.05) is 6.54 Å². The van der Waals surface area contributed by atoms with Gasteiger partial charge in [0.15, 0.2) is 15.0 Å². The van der Waals surface area contributed by atoms with Gasteiger partial charge in [-0.25, -0.2) is 13.4 Å². The molecule has 0 N–H and O–H groups in total. The molecule has 1 aromatic heterocycles. The molecule has 1 heterocycles. The molecule has 0 atom stereocenters. The van der Waals surface area contributed by atoms with Gasteiger partial charge in [0.2, 0.25) is 5.91 Å². The lowest BCUT2D eigenvalue weighted by Crippen LogP contribution is -2.37. The summed E-state index contributed by atoms with van der Waals surface area (Å²) in [6.07, 6.45) is 0.693. The Bertz CT molecular complexity index is 1130. The van der Waals surface area contributed by atoms with Gasteiger partial charge in [0.25, 0.3) is 0 Å². The maximum absolute atomic E-state index is 13.2. The average molecular weight is 498 g/mol. The molecule has 0 fully saturated rings. The molecule has 3 rings (SSSR count). The van der Waals surface area contributed by atoms with Crippen molar-refractivity contribution in [3.63, 3.8) is 0 Å². The molecule has 0 spiro atoms. The summed E-state index contributed by atoms with van der Waals surface area (Å²) in [4.78, 5) is 21.5. The number of benzene rings is 2. The molecule has 0 aliphatic heterocycles. The molecule has 0 saturated carbocycles. The third-order valence-electron chi connectivity index (χ3n) is 4.61. The van der Waals surface area contributed by atoms with E-state index in [0.29, 0.717) is 36.0 Å². The summed E-state index contributed by atoms with van der Waals surface area (Å²) in [5, 5.41) is 0.481. The van der Waals surface area contributed by atoms with Crippen LogP contribution in [-0.4, -0.2) is 63.8 Å². The topological polar surface area (TPSA) is 79.8 Å². The van der Waals surface area contributed by atoms with Crippen LogP contribution in [0.5, 0.6) is 5.75 Å². The Morgan fingerprint density at radius 1 is 1.06 bits per heavy atom. The predicted molar refractivity (Wildman–Crippen MR) is 132 cm³/mol. The Hall–Kier alpha value is -2.20. The molecule has 0 radical (unpaired) electrons. The molecule has 0 bridgehead atoms. The van der Waals surface area contributed by atoms with E-state index in [1.54, 1.807) is 18.2 Å². The van der Waals surface area contributed by atoms with E-state index < -0.39 is 21.5 Å². The highest BCUT2D eigenvalue weighted by molar-refractivity contribution is 7.92. The summed E-state index contributed by atoms with van der Waals surface area (Å²) in [6, 6.07) is 13.7. The number of amides is 1. The summed E-state index contributed by atoms with van der Waals surface area (Å²) in [7, 11) is 0.163. The van der Waals surface area contributed by atoms with Crippen molar-refractivity contribution in [2.75, 3.05) is 44.4 Å². The zero-order valence-electron chi connectivity index (χ0n) is 18.4. The number of carbonyl (C=O) groups is 1. The van der Waals surface area contributed by atoms with Crippen LogP contribution in [0.3, 0.4) is 0 Å². The highest BCUT2D eigenvalue weighted by atomic mass is 35.5. The number of hydrogen-bond acceptors (Lipinski definition) is 7. The van der Waals surface area contributed by atoms with Gasteiger partial charge in [-0.2, -0.15) is 0 Å². The zero-order valence-corrected chi connectivity index (χ0v) is 20.8. The normalized spacial score (nSPS) is 11.4. The van der Waals surface area contributed by atoms with Gasteiger partial charge in [0.05, 0.1) is 16.2 Å². The van der Waals surface area contributed by atoms with Crippen LogP contribution in [-0.2, 0) is 14.6 Å². The first-order chi connectivity index (χ1) is 14.8. The van der Waals surface area contributed by atoms with Gasteiger partial charge in [-0.1, -0.05) is 35.6 Å². The zero-order chi connectivity index (χ0) is 22.4. The first kappa shape index (κ1) is 26.1. The van der Waals surface area contributed by atoms with E-state index in [9.17, 15) is 13.2 Å². The lowest BCUT2D eigenvalue weighted by molar-refractivity contribution is -0.116. The van der Waals surface area contributed by atoms with Crippen molar-refractivity contribution in [2.45, 2.75) is 18.2 Å². The first-order valence-corrected chi connectivity index (χ1v) is 12.5. The molecule has 174 valence electrons. The molecule has 32 heavy (non-hydrogen) atoms. The lowest BCUT2D eigenvalue weighted by atomic mass is 10.3. The van der Waals surface area contributed by atoms with Crippen LogP contribution in [0.15, 0.2) is 53.4 Å². The second-order valence-corrected chi connectivity index (χ2v) is 10.3. The SMILES string of the molecule is CCOc1cccc2sc(N(CCCN(C)C)C(=O)CS(=O)(=O)c3ccccc3)nc12.Cl. The second kappa shape index (κ2) is 11.6. The molecule has 3 aromatic rings. The average Bonchev–Trinajstić information content (AvgIpc) is 3.16. The summed E-state index contributed by atoms with van der Waals surface area (Å²) in [6.45, 7) is 3.56. The van der Waals surface area contributed by atoms with Crippen molar-refractivity contribution < 1.29 is 17.9 Å². The predicted octanol–water partition coefficient (Wildman–Crippen LogP) is 3.88. The quantitative estimate of drug-likeness (QED) is 0.423. The maximum atomic E-state index is 13.2. The van der Waals surface area contributed by atoms with E-state index in [4.69, 9.17) is 4.74 Å². The highest BCUT2D eigenvalue weighted by Crippen LogP contribution is 2.34. The van der Waals surface area contributed by atoms with Crippen molar-refractivity contribution in [2.24, 2.45) is 0 Å². The highest BCUT2D eigenvalue weighted by Gasteiger charge is 2.26. The molecule has 2 aromatic carbocycles. The van der Waals surface area contributed by atoms with Gasteiger partial charge in [0.1, 0.15) is 17.0 Å². The number of thiazole rings is 1. The number of ether oxygens (including phenoxy) is 1. The minimum absolute atomic E-state index is 0. The lowest BCUT2D eigenvalue weighted by Gasteiger charge is -2.21. The van der Waals surface area contributed by atoms with Crippen LogP contribution < -0.4 is 9.64 Å². The number of fused-ring (bicyclic) bond motifs is 1. The van der Waals surface area contributed by atoms with E-state index in [1.807, 2.05) is 44.1 Å². The molecule has 0 saturated heterocycles. The molecule has 1 amide bonds. The number of carbonyl (C=O) groups excluding carboxylic acids is 1. The molecule has 10 heteroatoms. The van der Waals surface area contributed by atoms with E-state index in [0.717, 1.165) is 11.2 Å². The maximum Gasteiger partial charge on any atom is 0.244 e. The van der Waals surface area contributed by atoms with Gasteiger partial charge in [-0.05, 0) is 58.3 Å². The Labute approximate surface area is 199 Å². The van der Waals surface area contributed by atoms with Gasteiger partial charge < -0.3 is 9.64 Å². The Morgan fingerprint density at radius 2 is 1.78 bits per heavy atom. The van der Waals surface area contributed by atoms with Gasteiger partial charge in [-0.3, -0.25) is 9.69 Å². The summed E-state index contributed by atoms with van der Waals surface area (Å²) >= 11 is 1.36. The van der Waals surface area contributed by atoms with Crippen molar-refractivity contribution in [3.8, 4) is 5.75 Å². The molecule has 0 aliphatic rings. The first-order valence-electron chi connectivity index (χ1n) is 10.1. The smallest absolute Gasteiger partial charge is 0.244 e. The third-order valence-corrected chi connectivity index (χ3v) is 7.27. The van der Waals surface area contributed by atoms with E-state index in [1.165, 1.54) is 28.4 Å². The molecule has 0 aliphatic carbocycles. The number of aromatic nitrogens is 1. The van der Waals surface area contributed by atoms with Crippen LogP contribution in [0.1, 0.15) is 13.3 Å². The minimum Gasteiger partial charge on any atom is -0.492 e. The summed E-state index contributed by atoms with van der Waals surface area (Å²) < 4.78 is 32.1. The number of nitrogens with zero attached hydrogens (tertiary/aromatic N) is 3. The Morgan fingerprint density at radius 3 is 2.44 bits per heavy atom. The third kappa shape index (κ3) is 6.41. The second-order valence-electron chi connectivity index (χ2n) is 7.31. The fourth-order valence-electron chi connectivity index (χ4n) is 3.12. The Balaban J connectivity index is 0.00000363. The van der Waals surface area contributed by atoms with Crippen LogP contribution in [0.25, 0.3) is 10.2 Å². The molecule has 0 unspecified atom stereocenters.